The summed E-state index contributed by atoms with van der Waals surface area (Å²) in [6.07, 6.45) is 20.1. The van der Waals surface area contributed by atoms with Gasteiger partial charge in [-0.25, -0.2) is 0 Å². The molecule has 0 spiro atoms. The summed E-state index contributed by atoms with van der Waals surface area (Å²) >= 11 is 0. The zero-order chi connectivity index (χ0) is 14.9. The predicted molar refractivity (Wildman–Crippen MR) is 86.9 cm³/mol. The highest BCUT2D eigenvalue weighted by molar-refractivity contribution is 5.65. The van der Waals surface area contributed by atoms with Crippen LogP contribution in [0.3, 0.4) is 0 Å². The molecule has 0 radical (unpaired) electrons. The lowest BCUT2D eigenvalue weighted by molar-refractivity contribution is -0.141. The van der Waals surface area contributed by atoms with E-state index in [2.05, 4.69) is 19.1 Å². The minimum absolute atomic E-state index is 0.158. The second-order valence-electron chi connectivity index (χ2n) is 5.57. The molecule has 20 heavy (non-hydrogen) atoms. The van der Waals surface area contributed by atoms with E-state index in [1.165, 1.54) is 77.6 Å². The number of carbonyl (C=O) groups is 1. The molecule has 0 fully saturated rings. The summed E-state index contributed by atoms with van der Waals surface area (Å²) in [5.41, 5.74) is 0. The summed E-state index contributed by atoms with van der Waals surface area (Å²) in [4.78, 5) is 10.6. The first-order valence-corrected chi connectivity index (χ1v) is 8.55. The lowest BCUT2D eigenvalue weighted by atomic mass is 10.1. The number of rotatable bonds is 14. The third-order valence-corrected chi connectivity index (χ3v) is 3.44. The largest absolute Gasteiger partial charge is 0.466 e. The average Bonchev–Trinajstić information content (AvgIpc) is 2.43. The Bertz CT molecular complexity index is 234. The van der Waals surface area contributed by atoms with Crippen molar-refractivity contribution in [2.45, 2.75) is 90.9 Å². The summed E-state index contributed by atoms with van der Waals surface area (Å²) in [6.45, 7) is 4.29. The second kappa shape index (κ2) is 16.3. The van der Waals surface area contributed by atoms with Crippen molar-refractivity contribution in [1.29, 1.82) is 0 Å². The van der Waals surface area contributed by atoms with Gasteiger partial charge in [-0.3, -0.25) is 4.79 Å². The molecule has 2 nitrogen and oxygen atoms in total. The van der Waals surface area contributed by atoms with Crippen molar-refractivity contribution >= 4 is 5.97 Å². The fraction of sp³-hybridized carbons (Fsp3) is 0.833. The molecular formula is C18H34O2. The molecule has 0 aliphatic rings. The van der Waals surface area contributed by atoms with E-state index >= 15 is 0 Å². The summed E-state index contributed by atoms with van der Waals surface area (Å²) in [5.74, 6) is -0.158. The van der Waals surface area contributed by atoms with Gasteiger partial charge in [-0.05, 0) is 25.7 Å². The molecule has 0 saturated carbocycles. The van der Waals surface area contributed by atoms with E-state index in [1.807, 2.05) is 0 Å². The zero-order valence-corrected chi connectivity index (χ0v) is 13.7. The van der Waals surface area contributed by atoms with Crippen LogP contribution in [0.2, 0.25) is 0 Å². The quantitative estimate of drug-likeness (QED) is 0.228. The highest BCUT2D eigenvalue weighted by Crippen LogP contribution is 2.11. The van der Waals surface area contributed by atoms with Gasteiger partial charge < -0.3 is 4.74 Å². The lowest BCUT2D eigenvalue weighted by Gasteiger charge is -2.03. The maximum Gasteiger partial charge on any atom is 0.302 e. The minimum Gasteiger partial charge on any atom is -0.466 e. The number of hydrogen-bond acceptors (Lipinski definition) is 2. The van der Waals surface area contributed by atoms with Gasteiger partial charge in [0, 0.05) is 6.92 Å². The van der Waals surface area contributed by atoms with E-state index in [9.17, 15) is 4.79 Å². The molecule has 0 amide bonds. The van der Waals surface area contributed by atoms with Crippen molar-refractivity contribution < 1.29 is 9.53 Å². The highest BCUT2D eigenvalue weighted by Gasteiger charge is 1.94. The van der Waals surface area contributed by atoms with Gasteiger partial charge in [-0.2, -0.15) is 0 Å². The smallest absolute Gasteiger partial charge is 0.302 e. The Hall–Kier alpha value is -0.790. The normalized spacial score (nSPS) is 11.1. The van der Waals surface area contributed by atoms with Crippen LogP contribution in [0, 0.1) is 0 Å². The van der Waals surface area contributed by atoms with Gasteiger partial charge in [0.15, 0.2) is 0 Å². The van der Waals surface area contributed by atoms with Crippen molar-refractivity contribution in [3.8, 4) is 0 Å². The molecule has 0 aliphatic heterocycles. The predicted octanol–water partition coefficient (Wildman–Crippen LogP) is 5.81. The molecule has 0 rings (SSSR count). The first kappa shape index (κ1) is 19.2. The van der Waals surface area contributed by atoms with Gasteiger partial charge in [0.2, 0.25) is 0 Å². The molecule has 2 heteroatoms. The van der Waals surface area contributed by atoms with Crippen molar-refractivity contribution in [2.24, 2.45) is 0 Å². The Balaban J connectivity index is 3.01. The van der Waals surface area contributed by atoms with Gasteiger partial charge in [0.25, 0.3) is 0 Å². The fourth-order valence-corrected chi connectivity index (χ4v) is 2.22. The maximum atomic E-state index is 10.6. The standard InChI is InChI=1S/C18H34O2/c1-3-4-5-6-7-8-9-10-11-12-13-14-15-16-17-20-18(2)19/h5-6H,3-4,7-17H2,1-2H3. The van der Waals surface area contributed by atoms with E-state index < -0.39 is 0 Å². The number of hydrogen-bond donors (Lipinski definition) is 0. The van der Waals surface area contributed by atoms with Gasteiger partial charge in [-0.1, -0.05) is 70.4 Å². The van der Waals surface area contributed by atoms with E-state index in [4.69, 9.17) is 4.74 Å². The average molecular weight is 282 g/mol. The van der Waals surface area contributed by atoms with Crippen LogP contribution in [0.4, 0.5) is 0 Å². The molecule has 0 aromatic heterocycles. The van der Waals surface area contributed by atoms with E-state index in [-0.39, 0.29) is 5.97 Å². The van der Waals surface area contributed by atoms with Gasteiger partial charge in [0.1, 0.15) is 0 Å². The molecule has 0 aliphatic carbocycles. The second-order valence-corrected chi connectivity index (χ2v) is 5.57. The minimum atomic E-state index is -0.158. The zero-order valence-electron chi connectivity index (χ0n) is 13.7. The molecule has 118 valence electrons. The summed E-state index contributed by atoms with van der Waals surface area (Å²) < 4.78 is 4.90. The third-order valence-electron chi connectivity index (χ3n) is 3.44. The van der Waals surface area contributed by atoms with E-state index in [1.54, 1.807) is 0 Å². The number of ether oxygens (including phenoxy) is 1. The third kappa shape index (κ3) is 17.2. The Morgan fingerprint density at radius 3 is 1.85 bits per heavy atom. The van der Waals surface area contributed by atoms with Crippen molar-refractivity contribution in [1.82, 2.24) is 0 Å². The SMILES string of the molecule is CCCC=CCCCCCCCCCCCOC(C)=O. The molecule has 0 saturated heterocycles. The van der Waals surface area contributed by atoms with E-state index in [0.29, 0.717) is 6.61 Å². The topological polar surface area (TPSA) is 26.3 Å². The maximum absolute atomic E-state index is 10.6. The number of allylic oxidation sites excluding steroid dienone is 2. The van der Waals surface area contributed by atoms with Gasteiger partial charge >= 0.3 is 5.97 Å². The first-order chi connectivity index (χ1) is 9.77. The molecule has 0 bridgehead atoms. The first-order valence-electron chi connectivity index (χ1n) is 8.55. The fourth-order valence-electron chi connectivity index (χ4n) is 2.22. The monoisotopic (exact) mass is 282 g/mol. The molecule has 0 aromatic carbocycles. The van der Waals surface area contributed by atoms with Crippen LogP contribution in [-0.4, -0.2) is 12.6 Å². The summed E-state index contributed by atoms with van der Waals surface area (Å²) in [6, 6.07) is 0. The molecule has 0 atom stereocenters. The lowest BCUT2D eigenvalue weighted by Crippen LogP contribution is -2.00. The molecule has 0 unspecified atom stereocenters. The van der Waals surface area contributed by atoms with Gasteiger partial charge in [0.05, 0.1) is 6.61 Å². The Kier molecular flexibility index (Phi) is 15.6. The molecule has 0 N–H and O–H groups in total. The Labute approximate surface area is 126 Å². The van der Waals surface area contributed by atoms with Crippen LogP contribution in [-0.2, 0) is 9.53 Å². The highest BCUT2D eigenvalue weighted by atomic mass is 16.5. The molecular weight excluding hydrogens is 248 g/mol. The van der Waals surface area contributed by atoms with Crippen LogP contribution >= 0.6 is 0 Å². The summed E-state index contributed by atoms with van der Waals surface area (Å²) in [7, 11) is 0. The van der Waals surface area contributed by atoms with Crippen LogP contribution in [0.15, 0.2) is 12.2 Å². The van der Waals surface area contributed by atoms with Crippen LogP contribution in [0.1, 0.15) is 90.9 Å². The number of esters is 1. The number of carbonyl (C=O) groups excluding carboxylic acids is 1. The van der Waals surface area contributed by atoms with Crippen LogP contribution in [0.25, 0.3) is 0 Å². The van der Waals surface area contributed by atoms with Crippen molar-refractivity contribution in [2.75, 3.05) is 6.61 Å². The van der Waals surface area contributed by atoms with Crippen LogP contribution < -0.4 is 0 Å². The molecule has 0 heterocycles. The summed E-state index contributed by atoms with van der Waals surface area (Å²) in [5, 5.41) is 0. The van der Waals surface area contributed by atoms with Gasteiger partial charge in [-0.15, -0.1) is 0 Å². The molecule has 0 aromatic rings. The number of unbranched alkanes of at least 4 members (excludes halogenated alkanes) is 10. The van der Waals surface area contributed by atoms with Crippen molar-refractivity contribution in [3.63, 3.8) is 0 Å². The van der Waals surface area contributed by atoms with E-state index in [0.717, 1.165) is 6.42 Å². The van der Waals surface area contributed by atoms with Crippen LogP contribution in [0.5, 0.6) is 0 Å². The Morgan fingerprint density at radius 1 is 0.800 bits per heavy atom. The Morgan fingerprint density at radius 2 is 1.30 bits per heavy atom. The van der Waals surface area contributed by atoms with Crippen molar-refractivity contribution in [3.05, 3.63) is 12.2 Å².